The van der Waals surface area contributed by atoms with Gasteiger partial charge < -0.3 is 15.7 Å². The lowest BCUT2D eigenvalue weighted by Crippen LogP contribution is -2.32. The summed E-state index contributed by atoms with van der Waals surface area (Å²) in [5.41, 5.74) is 5.33. The summed E-state index contributed by atoms with van der Waals surface area (Å²) in [5.74, 6) is -5.43. The Morgan fingerprint density at radius 2 is 2.00 bits per heavy atom. The van der Waals surface area contributed by atoms with Crippen LogP contribution in [0.3, 0.4) is 0 Å². The zero-order valence-electron chi connectivity index (χ0n) is 9.99. The summed E-state index contributed by atoms with van der Waals surface area (Å²) in [4.78, 5) is 0. The van der Waals surface area contributed by atoms with Crippen LogP contribution in [0.4, 0.5) is 22.0 Å². The van der Waals surface area contributed by atoms with Crippen molar-refractivity contribution >= 4 is 5.84 Å². The summed E-state index contributed by atoms with van der Waals surface area (Å²) in [5, 5.41) is 11.1. The minimum atomic E-state index is -4.28. The minimum absolute atomic E-state index is 0.00622. The fraction of sp³-hybridized carbons (Fsp3) is 0.364. The molecule has 0 saturated carbocycles. The van der Waals surface area contributed by atoms with Crippen molar-refractivity contribution in [3.63, 3.8) is 0 Å². The van der Waals surface area contributed by atoms with Gasteiger partial charge >= 0.3 is 12.3 Å². The minimum Gasteiger partial charge on any atom is -0.409 e. The maximum atomic E-state index is 13.2. The van der Waals surface area contributed by atoms with Gasteiger partial charge in [0.15, 0.2) is 5.84 Å². The van der Waals surface area contributed by atoms with E-state index in [1.165, 1.54) is 6.07 Å². The van der Waals surface area contributed by atoms with Crippen LogP contribution >= 0.6 is 0 Å². The fourth-order valence-corrected chi connectivity index (χ4v) is 1.31. The Morgan fingerprint density at radius 3 is 2.55 bits per heavy atom. The second-order valence-electron chi connectivity index (χ2n) is 3.89. The molecule has 20 heavy (non-hydrogen) atoms. The van der Waals surface area contributed by atoms with E-state index in [4.69, 9.17) is 10.9 Å². The summed E-state index contributed by atoms with van der Waals surface area (Å²) in [7, 11) is 0. The van der Waals surface area contributed by atoms with Crippen molar-refractivity contribution in [3.8, 4) is 0 Å². The Labute approximate surface area is 110 Å². The van der Waals surface area contributed by atoms with E-state index in [1.807, 2.05) is 0 Å². The van der Waals surface area contributed by atoms with Crippen molar-refractivity contribution in [3.05, 3.63) is 35.1 Å². The highest BCUT2D eigenvalue weighted by atomic mass is 19.3. The highest BCUT2D eigenvalue weighted by molar-refractivity contribution is 5.97. The normalized spacial score (nSPS) is 13.0. The zero-order valence-corrected chi connectivity index (χ0v) is 9.99. The number of ether oxygens (including phenoxy) is 1. The SMILES string of the molecule is N/C(=N/O)c1cc(F)cc(COCC(F)(F)C(F)F)c1. The number of amidine groups is 1. The predicted octanol–water partition coefficient (Wildman–Crippen LogP) is 2.34. The van der Waals surface area contributed by atoms with Gasteiger partial charge in [-0.25, -0.2) is 13.2 Å². The number of oxime groups is 1. The summed E-state index contributed by atoms with van der Waals surface area (Å²) >= 11 is 0. The molecule has 3 N–H and O–H groups in total. The number of hydrogen-bond acceptors (Lipinski definition) is 3. The summed E-state index contributed by atoms with van der Waals surface area (Å²) in [6.45, 7) is -2.02. The maximum absolute atomic E-state index is 13.2. The van der Waals surface area contributed by atoms with E-state index in [1.54, 1.807) is 0 Å². The molecule has 0 heterocycles. The van der Waals surface area contributed by atoms with Gasteiger partial charge in [0.25, 0.3) is 0 Å². The van der Waals surface area contributed by atoms with Gasteiger partial charge in [0.05, 0.1) is 6.61 Å². The molecule has 1 rings (SSSR count). The Balaban J connectivity index is 2.72. The largest absolute Gasteiger partial charge is 0.409 e. The molecular formula is C11H11F5N2O2. The first-order valence-electron chi connectivity index (χ1n) is 5.27. The third-order valence-electron chi connectivity index (χ3n) is 2.24. The molecule has 4 nitrogen and oxygen atoms in total. The lowest BCUT2D eigenvalue weighted by molar-refractivity contribution is -0.168. The van der Waals surface area contributed by atoms with Crippen LogP contribution < -0.4 is 5.73 Å². The summed E-state index contributed by atoms with van der Waals surface area (Å²) < 4.78 is 66.5. The second kappa shape index (κ2) is 6.51. The molecule has 0 fully saturated rings. The number of nitrogens with zero attached hydrogens (tertiary/aromatic N) is 1. The molecule has 0 saturated heterocycles. The highest BCUT2D eigenvalue weighted by Crippen LogP contribution is 2.23. The molecule has 0 bridgehead atoms. The van der Waals surface area contributed by atoms with Crippen LogP contribution in [0.25, 0.3) is 0 Å². The molecule has 0 spiro atoms. The number of benzene rings is 1. The fourth-order valence-electron chi connectivity index (χ4n) is 1.31. The van der Waals surface area contributed by atoms with E-state index >= 15 is 0 Å². The van der Waals surface area contributed by atoms with Gasteiger partial charge in [-0.15, -0.1) is 0 Å². The van der Waals surface area contributed by atoms with Gasteiger partial charge in [0, 0.05) is 5.56 Å². The number of hydrogen-bond donors (Lipinski definition) is 2. The Bertz CT molecular complexity index is 494. The van der Waals surface area contributed by atoms with Crippen molar-refractivity contribution in [1.82, 2.24) is 0 Å². The molecule has 0 atom stereocenters. The van der Waals surface area contributed by atoms with E-state index in [-0.39, 0.29) is 17.0 Å². The Hall–Kier alpha value is -1.90. The average molecular weight is 298 g/mol. The van der Waals surface area contributed by atoms with Crippen LogP contribution in [0.5, 0.6) is 0 Å². The van der Waals surface area contributed by atoms with Crippen molar-refractivity contribution in [2.24, 2.45) is 10.9 Å². The van der Waals surface area contributed by atoms with E-state index in [0.717, 1.165) is 12.1 Å². The van der Waals surface area contributed by atoms with Gasteiger partial charge in [0.2, 0.25) is 0 Å². The van der Waals surface area contributed by atoms with E-state index in [9.17, 15) is 22.0 Å². The van der Waals surface area contributed by atoms with Gasteiger partial charge in [-0.3, -0.25) is 0 Å². The molecule has 1 aromatic rings. The smallest absolute Gasteiger partial charge is 0.330 e. The predicted molar refractivity (Wildman–Crippen MR) is 59.5 cm³/mol. The molecule has 0 aliphatic carbocycles. The van der Waals surface area contributed by atoms with Crippen LogP contribution in [0.1, 0.15) is 11.1 Å². The first-order chi connectivity index (χ1) is 9.26. The molecule has 0 aliphatic rings. The molecule has 0 amide bonds. The van der Waals surface area contributed by atoms with Crippen molar-refractivity contribution < 1.29 is 31.9 Å². The van der Waals surface area contributed by atoms with Crippen LogP contribution in [-0.4, -0.2) is 30.0 Å². The quantitative estimate of drug-likeness (QED) is 0.278. The first kappa shape index (κ1) is 16.2. The Kier molecular flexibility index (Phi) is 5.26. The van der Waals surface area contributed by atoms with Crippen molar-refractivity contribution in [1.29, 1.82) is 0 Å². The number of nitrogens with two attached hydrogens (primary N) is 1. The van der Waals surface area contributed by atoms with Crippen molar-refractivity contribution in [2.75, 3.05) is 6.61 Å². The van der Waals surface area contributed by atoms with E-state index in [0.29, 0.717) is 0 Å². The van der Waals surface area contributed by atoms with Gasteiger partial charge in [-0.05, 0) is 23.8 Å². The monoisotopic (exact) mass is 298 g/mol. The number of alkyl halides is 4. The van der Waals surface area contributed by atoms with E-state index in [2.05, 4.69) is 9.89 Å². The lowest BCUT2D eigenvalue weighted by atomic mass is 10.1. The molecular weight excluding hydrogens is 287 g/mol. The molecule has 1 aromatic carbocycles. The van der Waals surface area contributed by atoms with Gasteiger partial charge in [-0.1, -0.05) is 5.16 Å². The average Bonchev–Trinajstić information content (AvgIpc) is 2.36. The highest BCUT2D eigenvalue weighted by Gasteiger charge is 2.40. The van der Waals surface area contributed by atoms with Gasteiger partial charge in [-0.2, -0.15) is 8.78 Å². The molecule has 0 aromatic heterocycles. The third kappa shape index (κ3) is 4.34. The second-order valence-corrected chi connectivity index (χ2v) is 3.89. The topological polar surface area (TPSA) is 67.8 Å². The standard InChI is InChI=1S/C11H11F5N2O2/c12-8-2-6(1-7(3-8)9(17)18-19)4-20-5-11(15,16)10(13)14/h1-3,10,19H,4-5H2,(H2,17,18). The zero-order chi connectivity index (χ0) is 15.3. The molecule has 0 radical (unpaired) electrons. The van der Waals surface area contributed by atoms with E-state index < -0.39 is 31.4 Å². The van der Waals surface area contributed by atoms with Crippen LogP contribution in [0.15, 0.2) is 23.4 Å². The third-order valence-corrected chi connectivity index (χ3v) is 2.24. The van der Waals surface area contributed by atoms with Crippen molar-refractivity contribution in [2.45, 2.75) is 19.0 Å². The van der Waals surface area contributed by atoms with Crippen LogP contribution in [0, 0.1) is 5.82 Å². The molecule has 0 unspecified atom stereocenters. The van der Waals surface area contributed by atoms with Crippen LogP contribution in [0.2, 0.25) is 0 Å². The first-order valence-corrected chi connectivity index (χ1v) is 5.27. The number of halogens is 5. The van der Waals surface area contributed by atoms with Crippen LogP contribution in [-0.2, 0) is 11.3 Å². The molecule has 112 valence electrons. The molecule has 0 aliphatic heterocycles. The number of rotatable bonds is 6. The summed E-state index contributed by atoms with van der Waals surface area (Å²) in [6.07, 6.45) is -3.84. The summed E-state index contributed by atoms with van der Waals surface area (Å²) in [6, 6.07) is 3.12. The Morgan fingerprint density at radius 1 is 1.35 bits per heavy atom. The van der Waals surface area contributed by atoms with Gasteiger partial charge in [0.1, 0.15) is 12.4 Å². The maximum Gasteiger partial charge on any atom is 0.330 e. The molecule has 9 heteroatoms. The lowest BCUT2D eigenvalue weighted by Gasteiger charge is -2.15.